The zero-order valence-corrected chi connectivity index (χ0v) is 10.9. The summed E-state index contributed by atoms with van der Waals surface area (Å²) in [6.07, 6.45) is 4.17. The van der Waals surface area contributed by atoms with Crippen molar-refractivity contribution in [3.05, 3.63) is 23.8 Å². The highest BCUT2D eigenvalue weighted by molar-refractivity contribution is 5.90. The van der Waals surface area contributed by atoms with Crippen molar-refractivity contribution in [3.63, 3.8) is 0 Å². The Hall–Kier alpha value is -1.75. The lowest BCUT2D eigenvalue weighted by molar-refractivity contribution is 0.0697. The third kappa shape index (κ3) is 2.98. The largest absolute Gasteiger partial charge is 0.478 e. The quantitative estimate of drug-likeness (QED) is 0.681. The molecule has 0 amide bonds. The molecular formula is C14H20N2O3. The minimum Gasteiger partial charge on any atom is -0.478 e. The van der Waals surface area contributed by atoms with E-state index in [0.717, 1.165) is 25.1 Å². The topological polar surface area (TPSA) is 86.8 Å². The number of carbonyl (C=O) groups is 1. The Morgan fingerprint density at radius 1 is 1.42 bits per heavy atom. The molecule has 104 valence electrons. The number of carboxylic acids is 1. The molecule has 5 heteroatoms. The van der Waals surface area contributed by atoms with E-state index in [1.807, 2.05) is 0 Å². The summed E-state index contributed by atoms with van der Waals surface area (Å²) in [4.78, 5) is 13.1. The molecule has 0 atom stereocenters. The van der Waals surface area contributed by atoms with Gasteiger partial charge in [-0.15, -0.1) is 0 Å². The Kier molecular flexibility index (Phi) is 4.27. The normalized spacial score (nSPS) is 15.0. The predicted octanol–water partition coefficient (Wildman–Crippen LogP) is 1.71. The number of nitrogens with zero attached hydrogens (tertiary/aromatic N) is 1. The number of aliphatic hydroxyl groups excluding tert-OH is 1. The first-order valence-electron chi connectivity index (χ1n) is 6.64. The van der Waals surface area contributed by atoms with E-state index < -0.39 is 5.97 Å². The van der Waals surface area contributed by atoms with Gasteiger partial charge in [-0.25, -0.2) is 4.79 Å². The summed E-state index contributed by atoms with van der Waals surface area (Å²) in [5.41, 5.74) is 7.55. The first kappa shape index (κ1) is 13.7. The molecule has 0 bridgehead atoms. The Balaban J connectivity index is 2.22. The van der Waals surface area contributed by atoms with Crippen molar-refractivity contribution in [2.75, 3.05) is 23.8 Å². The number of carboxylic acid groups (broad SMARTS) is 1. The fraction of sp³-hybridized carbons (Fsp3) is 0.500. The van der Waals surface area contributed by atoms with Crippen molar-refractivity contribution >= 4 is 17.3 Å². The zero-order valence-electron chi connectivity index (χ0n) is 10.9. The molecular weight excluding hydrogens is 244 g/mol. The van der Waals surface area contributed by atoms with E-state index in [9.17, 15) is 4.79 Å². The van der Waals surface area contributed by atoms with Gasteiger partial charge in [0.25, 0.3) is 0 Å². The van der Waals surface area contributed by atoms with Gasteiger partial charge in [0.05, 0.1) is 16.9 Å². The van der Waals surface area contributed by atoms with Crippen LogP contribution >= 0.6 is 0 Å². The zero-order chi connectivity index (χ0) is 13.8. The maximum absolute atomic E-state index is 10.9. The van der Waals surface area contributed by atoms with Gasteiger partial charge in [0, 0.05) is 19.2 Å². The van der Waals surface area contributed by atoms with E-state index in [1.165, 1.54) is 12.5 Å². The standard InChI is InChI=1S/C14H20N2O3/c15-12-9-10(14(18)19)5-6-13(12)16(7-2-8-17)11-3-1-4-11/h5-6,9,11,17H,1-4,7-8,15H2,(H,18,19). The van der Waals surface area contributed by atoms with Crippen LogP contribution in [-0.4, -0.2) is 35.4 Å². The molecule has 1 fully saturated rings. The number of hydrogen-bond donors (Lipinski definition) is 3. The maximum atomic E-state index is 10.9. The van der Waals surface area contributed by atoms with Gasteiger partial charge >= 0.3 is 5.97 Å². The predicted molar refractivity (Wildman–Crippen MR) is 74.5 cm³/mol. The van der Waals surface area contributed by atoms with Gasteiger partial charge in [0.1, 0.15) is 0 Å². The van der Waals surface area contributed by atoms with E-state index in [0.29, 0.717) is 18.2 Å². The summed E-state index contributed by atoms with van der Waals surface area (Å²) in [5, 5.41) is 17.9. The molecule has 1 aromatic rings. The van der Waals surface area contributed by atoms with E-state index in [2.05, 4.69) is 4.90 Å². The van der Waals surface area contributed by atoms with Crippen LogP contribution in [0.3, 0.4) is 0 Å². The van der Waals surface area contributed by atoms with E-state index in [1.54, 1.807) is 12.1 Å². The number of benzene rings is 1. The van der Waals surface area contributed by atoms with Crippen LogP contribution in [-0.2, 0) is 0 Å². The molecule has 0 spiro atoms. The number of aromatic carboxylic acids is 1. The molecule has 0 unspecified atom stereocenters. The van der Waals surface area contributed by atoms with Gasteiger partial charge in [-0.1, -0.05) is 0 Å². The van der Waals surface area contributed by atoms with Gasteiger partial charge < -0.3 is 20.8 Å². The number of nitrogen functional groups attached to an aromatic ring is 1. The highest BCUT2D eigenvalue weighted by Crippen LogP contribution is 2.33. The smallest absolute Gasteiger partial charge is 0.335 e. The second-order valence-electron chi connectivity index (χ2n) is 4.93. The summed E-state index contributed by atoms with van der Waals surface area (Å²) < 4.78 is 0. The molecule has 0 aromatic heterocycles. The van der Waals surface area contributed by atoms with Gasteiger partial charge in [-0.3, -0.25) is 0 Å². The summed E-state index contributed by atoms with van der Waals surface area (Å²) in [5.74, 6) is -0.969. The van der Waals surface area contributed by atoms with Crippen molar-refractivity contribution in [2.24, 2.45) is 0 Å². The number of nitrogens with two attached hydrogens (primary N) is 1. The second-order valence-corrected chi connectivity index (χ2v) is 4.93. The summed E-state index contributed by atoms with van der Waals surface area (Å²) in [6.45, 7) is 0.897. The monoisotopic (exact) mass is 264 g/mol. The van der Waals surface area contributed by atoms with Crippen molar-refractivity contribution in [1.29, 1.82) is 0 Å². The molecule has 2 rings (SSSR count). The Morgan fingerprint density at radius 3 is 2.63 bits per heavy atom. The van der Waals surface area contributed by atoms with Gasteiger partial charge in [-0.2, -0.15) is 0 Å². The lowest BCUT2D eigenvalue weighted by Crippen LogP contribution is -2.41. The lowest BCUT2D eigenvalue weighted by atomic mass is 9.90. The number of rotatable bonds is 6. The molecule has 1 aliphatic carbocycles. The van der Waals surface area contributed by atoms with Crippen LogP contribution in [0.25, 0.3) is 0 Å². The molecule has 0 saturated heterocycles. The third-order valence-electron chi connectivity index (χ3n) is 3.66. The van der Waals surface area contributed by atoms with Crippen LogP contribution in [0.2, 0.25) is 0 Å². The molecule has 1 saturated carbocycles. The van der Waals surface area contributed by atoms with Crippen LogP contribution in [0.1, 0.15) is 36.0 Å². The van der Waals surface area contributed by atoms with Crippen LogP contribution < -0.4 is 10.6 Å². The molecule has 0 radical (unpaired) electrons. The fourth-order valence-corrected chi connectivity index (χ4v) is 2.39. The third-order valence-corrected chi connectivity index (χ3v) is 3.66. The number of hydrogen-bond acceptors (Lipinski definition) is 4. The summed E-state index contributed by atoms with van der Waals surface area (Å²) >= 11 is 0. The van der Waals surface area contributed by atoms with E-state index in [4.69, 9.17) is 15.9 Å². The highest BCUT2D eigenvalue weighted by atomic mass is 16.4. The number of anilines is 2. The van der Waals surface area contributed by atoms with Gasteiger partial charge in [-0.05, 0) is 43.9 Å². The minimum atomic E-state index is -0.969. The molecule has 1 aromatic carbocycles. The van der Waals surface area contributed by atoms with Crippen LogP contribution in [0, 0.1) is 0 Å². The Morgan fingerprint density at radius 2 is 2.16 bits per heavy atom. The highest BCUT2D eigenvalue weighted by Gasteiger charge is 2.26. The van der Waals surface area contributed by atoms with E-state index >= 15 is 0 Å². The van der Waals surface area contributed by atoms with Crippen LogP contribution in [0.4, 0.5) is 11.4 Å². The second kappa shape index (κ2) is 5.93. The first-order chi connectivity index (χ1) is 9.13. The average Bonchev–Trinajstić information content (AvgIpc) is 2.32. The molecule has 19 heavy (non-hydrogen) atoms. The molecule has 0 aliphatic heterocycles. The van der Waals surface area contributed by atoms with Crippen molar-refractivity contribution in [3.8, 4) is 0 Å². The molecule has 4 N–H and O–H groups in total. The van der Waals surface area contributed by atoms with Gasteiger partial charge in [0.15, 0.2) is 0 Å². The molecule has 0 heterocycles. The summed E-state index contributed by atoms with van der Waals surface area (Å²) in [7, 11) is 0. The summed E-state index contributed by atoms with van der Waals surface area (Å²) in [6, 6.07) is 5.32. The molecule has 1 aliphatic rings. The SMILES string of the molecule is Nc1cc(C(=O)O)ccc1N(CCCO)C1CCC1. The van der Waals surface area contributed by atoms with E-state index in [-0.39, 0.29) is 12.2 Å². The van der Waals surface area contributed by atoms with Crippen molar-refractivity contribution < 1.29 is 15.0 Å². The Labute approximate surface area is 112 Å². The lowest BCUT2D eigenvalue weighted by Gasteiger charge is -2.40. The average molecular weight is 264 g/mol. The van der Waals surface area contributed by atoms with Gasteiger partial charge in [0.2, 0.25) is 0 Å². The van der Waals surface area contributed by atoms with Crippen LogP contribution in [0.15, 0.2) is 18.2 Å². The minimum absolute atomic E-state index is 0.149. The number of aliphatic hydroxyl groups is 1. The first-order valence-corrected chi connectivity index (χ1v) is 6.64. The Bertz CT molecular complexity index is 458. The maximum Gasteiger partial charge on any atom is 0.335 e. The van der Waals surface area contributed by atoms with Crippen LogP contribution in [0.5, 0.6) is 0 Å². The molecule has 5 nitrogen and oxygen atoms in total. The van der Waals surface area contributed by atoms with Crippen molar-refractivity contribution in [2.45, 2.75) is 31.7 Å². The van der Waals surface area contributed by atoms with Crippen molar-refractivity contribution in [1.82, 2.24) is 0 Å². The fourth-order valence-electron chi connectivity index (χ4n) is 2.39.